The van der Waals surface area contributed by atoms with E-state index < -0.39 is 10.8 Å². The van der Waals surface area contributed by atoms with E-state index in [1.165, 1.54) is 27.6 Å². The van der Waals surface area contributed by atoms with Crippen LogP contribution in [0.25, 0.3) is 11.3 Å². The number of furan rings is 1. The number of methoxy groups -OCH3 is 3. The summed E-state index contributed by atoms with van der Waals surface area (Å²) in [7, 11) is 4.35. The molecule has 1 atom stereocenters. The zero-order valence-electron chi connectivity index (χ0n) is 14.1. The third-order valence-corrected chi connectivity index (χ3v) is 4.10. The maximum atomic E-state index is 12.1. The van der Waals surface area contributed by atoms with E-state index in [0.29, 0.717) is 28.4 Å². The van der Waals surface area contributed by atoms with Crippen molar-refractivity contribution >= 4 is 21.9 Å². The SMILES string of the molecule is COCOc1cc(OCOC)c(-c2ccco2)c(C(Br)C(=O)OC)c1. The normalized spacial score (nSPS) is 11.8. The zero-order chi connectivity index (χ0) is 18.2. The van der Waals surface area contributed by atoms with Gasteiger partial charge in [0.15, 0.2) is 13.6 Å². The summed E-state index contributed by atoms with van der Waals surface area (Å²) in [5.74, 6) is 0.975. The van der Waals surface area contributed by atoms with Crippen LogP contribution in [0.5, 0.6) is 11.5 Å². The average molecular weight is 415 g/mol. The first-order chi connectivity index (χ1) is 12.1. The molecule has 1 aromatic heterocycles. The van der Waals surface area contributed by atoms with Gasteiger partial charge in [-0.25, -0.2) is 0 Å². The largest absolute Gasteiger partial charge is 0.468 e. The summed E-state index contributed by atoms with van der Waals surface area (Å²) in [5.41, 5.74) is 1.17. The van der Waals surface area contributed by atoms with Crippen molar-refractivity contribution in [3.63, 3.8) is 0 Å². The van der Waals surface area contributed by atoms with E-state index in [4.69, 9.17) is 28.1 Å². The molecule has 0 aliphatic heterocycles. The van der Waals surface area contributed by atoms with Crippen LogP contribution in [0, 0.1) is 0 Å². The van der Waals surface area contributed by atoms with Crippen LogP contribution in [0.4, 0.5) is 0 Å². The smallest absolute Gasteiger partial charge is 0.324 e. The Kier molecular flexibility index (Phi) is 7.30. The average Bonchev–Trinajstić information content (AvgIpc) is 3.16. The first-order valence-electron chi connectivity index (χ1n) is 7.29. The van der Waals surface area contributed by atoms with Gasteiger partial charge in [0.05, 0.1) is 18.9 Å². The van der Waals surface area contributed by atoms with Crippen LogP contribution in [0.1, 0.15) is 10.4 Å². The van der Waals surface area contributed by atoms with Gasteiger partial charge in [-0.1, -0.05) is 15.9 Å². The van der Waals surface area contributed by atoms with Crippen LogP contribution in [-0.4, -0.2) is 40.9 Å². The molecule has 0 saturated carbocycles. The van der Waals surface area contributed by atoms with Gasteiger partial charge in [0.25, 0.3) is 0 Å². The molecule has 0 amide bonds. The fourth-order valence-corrected chi connectivity index (χ4v) is 2.72. The summed E-state index contributed by atoms with van der Waals surface area (Å²) in [6.07, 6.45) is 1.54. The lowest BCUT2D eigenvalue weighted by Gasteiger charge is -2.18. The first-order valence-corrected chi connectivity index (χ1v) is 8.21. The molecule has 0 aliphatic carbocycles. The number of halogens is 1. The van der Waals surface area contributed by atoms with Crippen LogP contribution in [0.15, 0.2) is 34.9 Å². The highest BCUT2D eigenvalue weighted by molar-refractivity contribution is 9.09. The maximum absolute atomic E-state index is 12.1. The molecule has 0 spiro atoms. The monoisotopic (exact) mass is 414 g/mol. The number of hydrogen-bond acceptors (Lipinski definition) is 7. The van der Waals surface area contributed by atoms with Crippen LogP contribution in [-0.2, 0) is 19.0 Å². The number of esters is 1. The molecule has 0 bridgehead atoms. The summed E-state index contributed by atoms with van der Waals surface area (Å²) in [6, 6.07) is 6.89. The Morgan fingerprint density at radius 2 is 1.88 bits per heavy atom. The Labute approximate surface area is 153 Å². The molecule has 2 rings (SSSR count). The molecule has 2 aromatic rings. The Balaban J connectivity index is 2.59. The van der Waals surface area contributed by atoms with E-state index in [0.717, 1.165) is 0 Å². The lowest BCUT2D eigenvalue weighted by atomic mass is 10.0. The lowest BCUT2D eigenvalue weighted by molar-refractivity contribution is -0.139. The fraction of sp³-hybridized carbons (Fsp3) is 0.353. The Bertz CT molecular complexity index is 685. The van der Waals surface area contributed by atoms with E-state index in [1.807, 2.05) is 0 Å². The van der Waals surface area contributed by atoms with Crippen molar-refractivity contribution in [2.75, 3.05) is 34.9 Å². The minimum absolute atomic E-state index is 0.0199. The van der Waals surface area contributed by atoms with Gasteiger partial charge in [-0.2, -0.15) is 0 Å². The van der Waals surface area contributed by atoms with Gasteiger partial charge in [-0.3, -0.25) is 4.79 Å². The van der Waals surface area contributed by atoms with Gasteiger partial charge >= 0.3 is 5.97 Å². The molecular formula is C17H19BrO7. The number of rotatable bonds is 9. The minimum atomic E-state index is -0.742. The Morgan fingerprint density at radius 1 is 1.16 bits per heavy atom. The summed E-state index contributed by atoms with van der Waals surface area (Å²) in [6.45, 7) is 0.0699. The van der Waals surface area contributed by atoms with Crippen molar-refractivity contribution in [2.24, 2.45) is 0 Å². The van der Waals surface area contributed by atoms with E-state index in [-0.39, 0.29) is 13.6 Å². The second kappa shape index (κ2) is 9.45. The van der Waals surface area contributed by atoms with Crippen LogP contribution in [0.2, 0.25) is 0 Å². The highest BCUT2D eigenvalue weighted by atomic mass is 79.9. The highest BCUT2D eigenvalue weighted by Crippen LogP contribution is 2.43. The number of alkyl halides is 1. The number of carbonyl (C=O) groups is 1. The molecule has 136 valence electrons. The second-order valence-corrected chi connectivity index (χ2v) is 5.77. The predicted octanol–water partition coefficient (Wildman–Crippen LogP) is 3.52. The van der Waals surface area contributed by atoms with Crippen molar-refractivity contribution < 1.29 is 32.9 Å². The van der Waals surface area contributed by atoms with Crippen molar-refractivity contribution in [1.82, 2.24) is 0 Å². The minimum Gasteiger partial charge on any atom is -0.468 e. The standard InChI is InChI=1S/C17H19BrO7/c1-20-9-24-11-7-12(16(18)17(19)22-3)15(13-5-4-6-23-13)14(8-11)25-10-21-2/h4-8,16H,9-10H2,1-3H3. The fourth-order valence-electron chi connectivity index (χ4n) is 2.17. The predicted molar refractivity (Wildman–Crippen MR) is 92.8 cm³/mol. The highest BCUT2D eigenvalue weighted by Gasteiger charge is 2.27. The molecular weight excluding hydrogens is 396 g/mol. The number of benzene rings is 1. The van der Waals surface area contributed by atoms with Gasteiger partial charge in [0, 0.05) is 20.3 Å². The topological polar surface area (TPSA) is 76.4 Å². The van der Waals surface area contributed by atoms with Crippen molar-refractivity contribution in [3.05, 3.63) is 36.1 Å². The molecule has 8 heteroatoms. The van der Waals surface area contributed by atoms with E-state index in [2.05, 4.69) is 15.9 Å². The Hall–Kier alpha value is -2.03. The summed E-state index contributed by atoms with van der Waals surface area (Å²) in [5, 5.41) is 0. The maximum Gasteiger partial charge on any atom is 0.324 e. The van der Waals surface area contributed by atoms with E-state index in [1.54, 1.807) is 24.3 Å². The van der Waals surface area contributed by atoms with Crippen LogP contribution in [0.3, 0.4) is 0 Å². The van der Waals surface area contributed by atoms with Crippen molar-refractivity contribution in [1.29, 1.82) is 0 Å². The molecule has 1 heterocycles. The Morgan fingerprint density at radius 3 is 2.48 bits per heavy atom. The van der Waals surface area contributed by atoms with Gasteiger partial charge in [0.1, 0.15) is 22.1 Å². The third kappa shape index (κ3) is 4.75. The molecule has 1 aromatic carbocycles. The van der Waals surface area contributed by atoms with Crippen LogP contribution < -0.4 is 9.47 Å². The van der Waals surface area contributed by atoms with Gasteiger partial charge < -0.3 is 28.1 Å². The molecule has 0 fully saturated rings. The number of carbonyl (C=O) groups excluding carboxylic acids is 1. The molecule has 7 nitrogen and oxygen atoms in total. The van der Waals surface area contributed by atoms with Gasteiger partial charge in [-0.15, -0.1) is 0 Å². The van der Waals surface area contributed by atoms with Gasteiger partial charge in [0.2, 0.25) is 0 Å². The summed E-state index contributed by atoms with van der Waals surface area (Å²) < 4.78 is 31.4. The van der Waals surface area contributed by atoms with Crippen LogP contribution >= 0.6 is 15.9 Å². The van der Waals surface area contributed by atoms with Crippen molar-refractivity contribution in [3.8, 4) is 22.8 Å². The molecule has 0 aliphatic rings. The first kappa shape index (κ1) is 19.3. The second-order valence-electron chi connectivity index (χ2n) is 4.85. The van der Waals surface area contributed by atoms with E-state index >= 15 is 0 Å². The third-order valence-electron chi connectivity index (χ3n) is 3.23. The summed E-state index contributed by atoms with van der Waals surface area (Å²) >= 11 is 3.36. The van der Waals surface area contributed by atoms with Crippen molar-refractivity contribution in [2.45, 2.75) is 4.83 Å². The summed E-state index contributed by atoms with van der Waals surface area (Å²) in [4.78, 5) is 11.3. The van der Waals surface area contributed by atoms with Gasteiger partial charge in [-0.05, 0) is 23.8 Å². The number of hydrogen-bond donors (Lipinski definition) is 0. The lowest BCUT2D eigenvalue weighted by Crippen LogP contribution is -2.11. The molecule has 0 saturated heterocycles. The molecule has 0 radical (unpaired) electrons. The molecule has 0 N–H and O–H groups in total. The molecule has 1 unspecified atom stereocenters. The number of ether oxygens (including phenoxy) is 5. The van der Waals surface area contributed by atoms with E-state index in [9.17, 15) is 4.79 Å². The zero-order valence-corrected chi connectivity index (χ0v) is 15.7. The molecule has 25 heavy (non-hydrogen) atoms. The quantitative estimate of drug-likeness (QED) is 0.352.